The summed E-state index contributed by atoms with van der Waals surface area (Å²) in [5.74, 6) is 0.604. The Hall–Kier alpha value is -2.34. The molecule has 2 aromatic rings. The minimum absolute atomic E-state index is 0.129. The Morgan fingerprint density at radius 3 is 2.44 bits per heavy atom. The van der Waals surface area contributed by atoms with Crippen LogP contribution in [0.15, 0.2) is 46.9 Å². The molecule has 32 heavy (non-hydrogen) atoms. The average Bonchev–Trinajstić information content (AvgIpc) is 2.76. The molecule has 0 fully saturated rings. The molecule has 0 aliphatic heterocycles. The van der Waals surface area contributed by atoms with Crippen LogP contribution >= 0.6 is 15.9 Å². The van der Waals surface area contributed by atoms with Gasteiger partial charge in [0, 0.05) is 13.1 Å². The van der Waals surface area contributed by atoms with Gasteiger partial charge in [0.1, 0.15) is 11.8 Å². The number of hydrogen-bond acceptors (Lipinski definition) is 3. The van der Waals surface area contributed by atoms with E-state index in [0.29, 0.717) is 31.2 Å². The number of ether oxygens (including phenoxy) is 1. The van der Waals surface area contributed by atoms with Crippen molar-refractivity contribution in [3.05, 3.63) is 63.6 Å². The van der Waals surface area contributed by atoms with Crippen LogP contribution in [0.5, 0.6) is 5.75 Å². The van der Waals surface area contributed by atoms with Gasteiger partial charge in [-0.1, -0.05) is 63.6 Å². The van der Waals surface area contributed by atoms with Gasteiger partial charge in [-0.3, -0.25) is 9.59 Å². The average molecular weight is 503 g/mol. The quantitative estimate of drug-likeness (QED) is 0.454. The number of benzene rings is 2. The van der Waals surface area contributed by atoms with E-state index < -0.39 is 6.04 Å². The molecule has 174 valence electrons. The lowest BCUT2D eigenvalue weighted by Gasteiger charge is -2.31. The molecule has 2 amide bonds. The van der Waals surface area contributed by atoms with Crippen LogP contribution in [0.1, 0.15) is 50.8 Å². The van der Waals surface area contributed by atoms with Crippen molar-refractivity contribution in [2.45, 2.75) is 60.0 Å². The van der Waals surface area contributed by atoms with Crippen molar-refractivity contribution in [3.63, 3.8) is 0 Å². The SMILES string of the molecule is CCc1ccc(OCC(=O)N(Cc2cccc(C)c2)[C@@H](CC)C(=O)NCC(C)C)c(Br)c1. The standard InChI is InChI=1S/C26H35BrN2O3/c1-6-20-11-12-24(22(27)14-20)32-17-25(30)29(16-21-10-8-9-19(5)13-21)23(7-2)26(31)28-15-18(3)4/h8-14,18,23H,6-7,15-17H2,1-5H3,(H,28,31)/t23-/m0/s1. The third kappa shape index (κ3) is 7.66. The first kappa shape index (κ1) is 25.9. The summed E-state index contributed by atoms with van der Waals surface area (Å²) in [4.78, 5) is 27.9. The van der Waals surface area contributed by atoms with Crippen LogP contribution in [0.4, 0.5) is 0 Å². The van der Waals surface area contributed by atoms with Gasteiger partial charge in [-0.2, -0.15) is 0 Å². The summed E-state index contributed by atoms with van der Waals surface area (Å²) < 4.78 is 6.66. The zero-order valence-corrected chi connectivity index (χ0v) is 21.4. The Labute approximate surface area is 200 Å². The number of aryl methyl sites for hydroxylation is 2. The van der Waals surface area contributed by atoms with E-state index in [1.54, 1.807) is 4.90 Å². The molecule has 0 radical (unpaired) electrons. The summed E-state index contributed by atoms with van der Waals surface area (Å²) in [6.45, 7) is 10.9. The fraction of sp³-hybridized carbons (Fsp3) is 0.462. The van der Waals surface area contributed by atoms with Crippen molar-refractivity contribution in [3.8, 4) is 5.75 Å². The van der Waals surface area contributed by atoms with Crippen molar-refractivity contribution in [2.24, 2.45) is 5.92 Å². The highest BCUT2D eigenvalue weighted by molar-refractivity contribution is 9.10. The van der Waals surface area contributed by atoms with E-state index in [2.05, 4.69) is 28.2 Å². The van der Waals surface area contributed by atoms with Crippen LogP contribution < -0.4 is 10.1 Å². The van der Waals surface area contributed by atoms with Gasteiger partial charge in [0.15, 0.2) is 6.61 Å². The van der Waals surface area contributed by atoms with Crippen LogP contribution in [0.3, 0.4) is 0 Å². The van der Waals surface area contributed by atoms with E-state index in [4.69, 9.17) is 4.74 Å². The van der Waals surface area contributed by atoms with Gasteiger partial charge in [0.25, 0.3) is 5.91 Å². The highest BCUT2D eigenvalue weighted by atomic mass is 79.9. The normalized spacial score (nSPS) is 11.8. The molecule has 1 atom stereocenters. The molecule has 0 unspecified atom stereocenters. The Morgan fingerprint density at radius 1 is 1.09 bits per heavy atom. The maximum Gasteiger partial charge on any atom is 0.261 e. The first-order chi connectivity index (χ1) is 15.2. The van der Waals surface area contributed by atoms with E-state index in [1.165, 1.54) is 5.56 Å². The van der Waals surface area contributed by atoms with Crippen molar-refractivity contribution < 1.29 is 14.3 Å². The van der Waals surface area contributed by atoms with Crippen LogP contribution in [0.2, 0.25) is 0 Å². The second-order valence-electron chi connectivity index (χ2n) is 8.48. The topological polar surface area (TPSA) is 58.6 Å². The van der Waals surface area contributed by atoms with Crippen molar-refractivity contribution in [1.29, 1.82) is 0 Å². The minimum Gasteiger partial charge on any atom is -0.483 e. The second kappa shape index (κ2) is 12.6. The summed E-state index contributed by atoms with van der Waals surface area (Å²) in [5, 5.41) is 2.98. The molecule has 1 N–H and O–H groups in total. The van der Waals surface area contributed by atoms with Crippen LogP contribution in [-0.2, 0) is 22.6 Å². The van der Waals surface area contributed by atoms with E-state index in [-0.39, 0.29) is 18.4 Å². The number of carbonyl (C=O) groups excluding carboxylic acids is 2. The largest absolute Gasteiger partial charge is 0.483 e. The first-order valence-electron chi connectivity index (χ1n) is 11.3. The number of rotatable bonds is 11. The second-order valence-corrected chi connectivity index (χ2v) is 9.34. The lowest BCUT2D eigenvalue weighted by atomic mass is 10.1. The van der Waals surface area contributed by atoms with Gasteiger partial charge < -0.3 is 15.0 Å². The molecular formula is C26H35BrN2O3. The van der Waals surface area contributed by atoms with Gasteiger partial charge in [-0.15, -0.1) is 0 Å². The van der Waals surface area contributed by atoms with Gasteiger partial charge >= 0.3 is 0 Å². The molecule has 2 rings (SSSR count). The smallest absolute Gasteiger partial charge is 0.261 e. The lowest BCUT2D eigenvalue weighted by molar-refractivity contribution is -0.143. The predicted molar refractivity (Wildman–Crippen MR) is 133 cm³/mol. The molecule has 0 saturated heterocycles. The molecule has 0 spiro atoms. The number of nitrogens with one attached hydrogen (secondary N) is 1. The molecule has 0 bridgehead atoms. The zero-order valence-electron chi connectivity index (χ0n) is 19.8. The molecule has 0 aliphatic carbocycles. The molecule has 6 heteroatoms. The van der Waals surface area contributed by atoms with E-state index in [1.807, 2.05) is 70.2 Å². The molecule has 0 aromatic heterocycles. The van der Waals surface area contributed by atoms with Crippen molar-refractivity contribution >= 4 is 27.7 Å². The molecule has 0 aliphatic rings. The highest BCUT2D eigenvalue weighted by Gasteiger charge is 2.29. The first-order valence-corrected chi connectivity index (χ1v) is 12.1. The van der Waals surface area contributed by atoms with E-state index in [0.717, 1.165) is 22.0 Å². The Morgan fingerprint density at radius 2 is 1.84 bits per heavy atom. The molecule has 5 nitrogen and oxygen atoms in total. The fourth-order valence-electron chi connectivity index (χ4n) is 3.45. The maximum atomic E-state index is 13.3. The minimum atomic E-state index is -0.559. The van der Waals surface area contributed by atoms with Gasteiger partial charge in [0.2, 0.25) is 5.91 Å². The van der Waals surface area contributed by atoms with Crippen LogP contribution in [0.25, 0.3) is 0 Å². The summed E-state index contributed by atoms with van der Waals surface area (Å²) in [6.07, 6.45) is 1.45. The van der Waals surface area contributed by atoms with Gasteiger partial charge in [-0.25, -0.2) is 0 Å². The van der Waals surface area contributed by atoms with Gasteiger partial charge in [-0.05, 0) is 64.9 Å². The summed E-state index contributed by atoms with van der Waals surface area (Å²) in [6, 6.07) is 13.3. The lowest BCUT2D eigenvalue weighted by Crippen LogP contribution is -2.50. The molecule has 2 aromatic carbocycles. The summed E-state index contributed by atoms with van der Waals surface area (Å²) in [7, 11) is 0. The number of halogens is 1. The fourth-order valence-corrected chi connectivity index (χ4v) is 3.99. The summed E-state index contributed by atoms with van der Waals surface area (Å²) >= 11 is 3.52. The Kier molecular flexibility index (Phi) is 10.2. The van der Waals surface area contributed by atoms with Crippen molar-refractivity contribution in [1.82, 2.24) is 10.2 Å². The van der Waals surface area contributed by atoms with Gasteiger partial charge in [0.05, 0.1) is 4.47 Å². The maximum absolute atomic E-state index is 13.3. The Bertz CT molecular complexity index is 914. The number of amides is 2. The van der Waals surface area contributed by atoms with E-state index >= 15 is 0 Å². The molecule has 0 heterocycles. The molecular weight excluding hydrogens is 468 g/mol. The number of carbonyl (C=O) groups is 2. The zero-order chi connectivity index (χ0) is 23.7. The Balaban J connectivity index is 2.21. The third-order valence-corrected chi connectivity index (χ3v) is 5.88. The van der Waals surface area contributed by atoms with Crippen LogP contribution in [-0.4, -0.2) is 35.9 Å². The molecule has 0 saturated carbocycles. The van der Waals surface area contributed by atoms with Crippen molar-refractivity contribution in [2.75, 3.05) is 13.2 Å². The highest BCUT2D eigenvalue weighted by Crippen LogP contribution is 2.26. The monoisotopic (exact) mass is 502 g/mol. The summed E-state index contributed by atoms with van der Waals surface area (Å²) in [5.41, 5.74) is 3.29. The predicted octanol–water partition coefficient (Wildman–Crippen LogP) is 5.28. The number of nitrogens with zero attached hydrogens (tertiary/aromatic N) is 1. The third-order valence-electron chi connectivity index (χ3n) is 5.26. The van der Waals surface area contributed by atoms with Crippen LogP contribution in [0, 0.1) is 12.8 Å². The number of hydrogen-bond donors (Lipinski definition) is 1. The van der Waals surface area contributed by atoms with E-state index in [9.17, 15) is 9.59 Å².